The van der Waals surface area contributed by atoms with Crippen LogP contribution in [-0.2, 0) is 19.4 Å². The third-order valence-corrected chi connectivity index (χ3v) is 4.53. The molecule has 3 rings (SSSR count). The van der Waals surface area contributed by atoms with E-state index < -0.39 is 0 Å². The molecule has 0 bridgehead atoms. The van der Waals surface area contributed by atoms with Crippen LogP contribution >= 0.6 is 11.3 Å². The Morgan fingerprint density at radius 2 is 1.95 bits per heavy atom. The molecule has 6 heteroatoms. The summed E-state index contributed by atoms with van der Waals surface area (Å²) in [6.07, 6.45) is 1.84. The summed E-state index contributed by atoms with van der Waals surface area (Å²) in [6, 6.07) is 9.84. The summed E-state index contributed by atoms with van der Waals surface area (Å²) < 4.78 is 1.38. The summed E-state index contributed by atoms with van der Waals surface area (Å²) in [5.41, 5.74) is 2.94. The van der Waals surface area contributed by atoms with E-state index in [1.54, 1.807) is 6.07 Å². The van der Waals surface area contributed by atoms with Crippen molar-refractivity contribution >= 4 is 22.0 Å². The summed E-state index contributed by atoms with van der Waals surface area (Å²) in [6.45, 7) is 4.68. The maximum Gasteiger partial charge on any atom is 0.275 e. The lowest BCUT2D eigenvalue weighted by Crippen LogP contribution is -2.16. The molecular weight excluding hydrogens is 296 g/mol. The summed E-state index contributed by atoms with van der Waals surface area (Å²) >= 11 is 1.47. The van der Waals surface area contributed by atoms with Crippen molar-refractivity contribution in [2.75, 3.05) is 5.32 Å². The first-order valence-corrected chi connectivity index (χ1v) is 8.22. The smallest absolute Gasteiger partial charge is 0.275 e. The Morgan fingerprint density at radius 1 is 1.18 bits per heavy atom. The molecule has 0 atom stereocenters. The largest absolute Gasteiger partial charge is 0.379 e. The van der Waals surface area contributed by atoms with Crippen molar-refractivity contribution in [2.45, 2.75) is 33.2 Å². The molecule has 1 N–H and O–H groups in total. The first kappa shape index (κ1) is 14.7. The van der Waals surface area contributed by atoms with Crippen LogP contribution in [0.1, 0.15) is 30.1 Å². The molecule has 22 heavy (non-hydrogen) atoms. The van der Waals surface area contributed by atoms with Gasteiger partial charge in [-0.3, -0.25) is 4.79 Å². The van der Waals surface area contributed by atoms with E-state index in [1.165, 1.54) is 21.4 Å². The van der Waals surface area contributed by atoms with Crippen LogP contribution in [0.5, 0.6) is 0 Å². The molecule has 0 amide bonds. The van der Waals surface area contributed by atoms with Crippen LogP contribution in [0.15, 0.2) is 35.1 Å². The number of nitrogens with zero attached hydrogens (tertiary/aromatic N) is 3. The Morgan fingerprint density at radius 3 is 2.64 bits per heavy atom. The quantitative estimate of drug-likeness (QED) is 0.786. The zero-order valence-electron chi connectivity index (χ0n) is 12.7. The van der Waals surface area contributed by atoms with E-state index in [2.05, 4.69) is 34.5 Å². The lowest BCUT2D eigenvalue weighted by Gasteiger charge is -2.06. The summed E-state index contributed by atoms with van der Waals surface area (Å²) in [5.74, 6) is 0. The molecule has 0 saturated carbocycles. The lowest BCUT2D eigenvalue weighted by molar-refractivity contribution is 0.846. The number of aryl methyl sites for hydroxylation is 2. The minimum Gasteiger partial charge on any atom is -0.379 e. The molecule has 0 spiro atoms. The van der Waals surface area contributed by atoms with Gasteiger partial charge in [0.05, 0.1) is 12.2 Å². The minimum absolute atomic E-state index is 0.126. The van der Waals surface area contributed by atoms with Gasteiger partial charge in [0.25, 0.3) is 5.56 Å². The van der Waals surface area contributed by atoms with Crippen molar-refractivity contribution < 1.29 is 0 Å². The fraction of sp³-hybridized carbons (Fsp3) is 0.312. The van der Waals surface area contributed by atoms with Gasteiger partial charge in [-0.2, -0.15) is 9.61 Å². The monoisotopic (exact) mass is 314 g/mol. The van der Waals surface area contributed by atoms with E-state index in [9.17, 15) is 4.79 Å². The van der Waals surface area contributed by atoms with Crippen LogP contribution in [-0.4, -0.2) is 14.6 Å². The summed E-state index contributed by atoms with van der Waals surface area (Å²) in [4.78, 5) is 17.2. The van der Waals surface area contributed by atoms with Gasteiger partial charge >= 0.3 is 0 Å². The first-order valence-electron chi connectivity index (χ1n) is 7.41. The van der Waals surface area contributed by atoms with E-state index in [-0.39, 0.29) is 5.56 Å². The van der Waals surface area contributed by atoms with Gasteiger partial charge in [0.15, 0.2) is 0 Å². The van der Waals surface area contributed by atoms with Crippen LogP contribution in [0.3, 0.4) is 0 Å². The molecule has 1 aromatic carbocycles. The molecule has 5 nitrogen and oxygen atoms in total. The third kappa shape index (κ3) is 3.01. The topological polar surface area (TPSA) is 59.3 Å². The third-order valence-electron chi connectivity index (χ3n) is 3.48. The van der Waals surface area contributed by atoms with Crippen LogP contribution in [0.2, 0.25) is 0 Å². The van der Waals surface area contributed by atoms with Crippen LogP contribution in [0, 0.1) is 0 Å². The van der Waals surface area contributed by atoms with Gasteiger partial charge in [-0.25, -0.2) is 4.98 Å². The highest BCUT2D eigenvalue weighted by atomic mass is 32.1. The second-order valence-corrected chi connectivity index (χ2v) is 6.07. The summed E-state index contributed by atoms with van der Waals surface area (Å²) in [5, 5.41) is 8.47. The number of benzene rings is 1. The second kappa shape index (κ2) is 6.27. The molecule has 0 aliphatic heterocycles. The van der Waals surface area contributed by atoms with E-state index in [0.29, 0.717) is 11.5 Å². The molecule has 2 heterocycles. The molecule has 0 aliphatic rings. The van der Waals surface area contributed by atoms with Crippen LogP contribution in [0.25, 0.3) is 4.96 Å². The highest BCUT2D eigenvalue weighted by Gasteiger charge is 2.07. The first-order chi connectivity index (χ1) is 10.7. The number of nitrogens with one attached hydrogen (secondary N) is 1. The number of rotatable bonds is 5. The van der Waals surface area contributed by atoms with E-state index >= 15 is 0 Å². The molecular formula is C16H18N4OS. The molecule has 0 aliphatic carbocycles. The maximum atomic E-state index is 12.1. The highest BCUT2D eigenvalue weighted by molar-refractivity contribution is 7.16. The fourth-order valence-electron chi connectivity index (χ4n) is 2.18. The molecule has 2 aromatic heterocycles. The second-order valence-electron chi connectivity index (χ2n) is 5.03. The zero-order valence-corrected chi connectivity index (χ0v) is 13.5. The van der Waals surface area contributed by atoms with Crippen molar-refractivity contribution in [3.05, 3.63) is 57.0 Å². The molecule has 0 fully saturated rings. The Labute approximate surface area is 132 Å². The minimum atomic E-state index is -0.126. The van der Waals surface area contributed by atoms with Crippen molar-refractivity contribution in [3.63, 3.8) is 0 Å². The molecule has 0 unspecified atom stereocenters. The SMILES string of the molecule is CCc1ccc(NCc2cc(=O)n3nc(CC)sc3n2)cc1. The van der Waals surface area contributed by atoms with Gasteiger partial charge in [0.1, 0.15) is 5.01 Å². The maximum absolute atomic E-state index is 12.1. The standard InChI is InChI=1S/C16H18N4OS/c1-3-11-5-7-12(8-6-11)17-10-13-9-15(21)20-16(18-13)22-14(4-2)19-20/h5-9,17H,3-4,10H2,1-2H3. The van der Waals surface area contributed by atoms with Gasteiger partial charge in [-0.15, -0.1) is 0 Å². The zero-order chi connectivity index (χ0) is 15.5. The van der Waals surface area contributed by atoms with Gasteiger partial charge in [-0.1, -0.05) is 37.3 Å². The number of hydrogen-bond donors (Lipinski definition) is 1. The lowest BCUT2D eigenvalue weighted by atomic mass is 10.1. The van der Waals surface area contributed by atoms with Crippen molar-refractivity contribution in [1.29, 1.82) is 0 Å². The predicted octanol–water partition coefficient (Wildman–Crippen LogP) is 2.89. The number of anilines is 1. The molecule has 114 valence electrons. The Balaban J connectivity index is 1.79. The van der Waals surface area contributed by atoms with Gasteiger partial charge in [0.2, 0.25) is 4.96 Å². The van der Waals surface area contributed by atoms with Gasteiger partial charge in [0, 0.05) is 11.8 Å². The van der Waals surface area contributed by atoms with E-state index in [0.717, 1.165) is 29.2 Å². The van der Waals surface area contributed by atoms with Crippen molar-refractivity contribution in [1.82, 2.24) is 14.6 Å². The van der Waals surface area contributed by atoms with Gasteiger partial charge < -0.3 is 5.32 Å². The summed E-state index contributed by atoms with van der Waals surface area (Å²) in [7, 11) is 0. The average molecular weight is 314 g/mol. The molecule has 0 radical (unpaired) electrons. The van der Waals surface area contributed by atoms with Crippen LogP contribution in [0.4, 0.5) is 5.69 Å². The highest BCUT2D eigenvalue weighted by Crippen LogP contribution is 2.13. The van der Waals surface area contributed by atoms with E-state index in [1.807, 2.05) is 19.1 Å². The predicted molar refractivity (Wildman–Crippen MR) is 89.7 cm³/mol. The van der Waals surface area contributed by atoms with E-state index in [4.69, 9.17) is 0 Å². The number of fused-ring (bicyclic) bond motifs is 1. The Bertz CT molecular complexity index is 835. The molecule has 3 aromatic rings. The van der Waals surface area contributed by atoms with Gasteiger partial charge in [-0.05, 0) is 30.5 Å². The molecule has 0 saturated heterocycles. The number of hydrogen-bond acceptors (Lipinski definition) is 5. The normalized spacial score (nSPS) is 11.0. The Kier molecular flexibility index (Phi) is 4.20. The van der Waals surface area contributed by atoms with Crippen molar-refractivity contribution in [3.8, 4) is 0 Å². The Hall–Kier alpha value is -2.21. The van der Waals surface area contributed by atoms with Crippen molar-refractivity contribution in [2.24, 2.45) is 0 Å². The average Bonchev–Trinajstić information content (AvgIpc) is 2.97. The number of aromatic nitrogens is 3. The fourth-order valence-corrected chi connectivity index (χ4v) is 3.04. The van der Waals surface area contributed by atoms with Crippen LogP contribution < -0.4 is 10.9 Å².